The number of allylic oxidation sites excluding steroid dienone is 1. The van der Waals surface area contributed by atoms with E-state index in [0.717, 1.165) is 6.42 Å². The van der Waals surface area contributed by atoms with Crippen molar-refractivity contribution in [3.63, 3.8) is 0 Å². The van der Waals surface area contributed by atoms with E-state index in [-0.39, 0.29) is 17.2 Å². The highest BCUT2D eigenvalue weighted by Crippen LogP contribution is 2.47. The van der Waals surface area contributed by atoms with E-state index in [1.165, 1.54) is 21.3 Å². The highest BCUT2D eigenvalue weighted by atomic mass is 16.5. The van der Waals surface area contributed by atoms with Crippen molar-refractivity contribution in [2.75, 3.05) is 27.9 Å². The van der Waals surface area contributed by atoms with Gasteiger partial charge in [-0.1, -0.05) is 25.1 Å². The molecule has 3 aromatic carbocycles. The average Bonchev–Trinajstić information content (AvgIpc) is 2.94. The van der Waals surface area contributed by atoms with Crippen LogP contribution in [0, 0.1) is 11.3 Å². The summed E-state index contributed by atoms with van der Waals surface area (Å²) in [4.78, 5) is 13.0. The first-order chi connectivity index (χ1) is 18.4. The third-order valence-corrected chi connectivity index (χ3v) is 5.99. The Morgan fingerprint density at radius 2 is 1.71 bits per heavy atom. The molecule has 0 aliphatic carbocycles. The van der Waals surface area contributed by atoms with Crippen molar-refractivity contribution >= 4 is 5.97 Å². The molecule has 4 rings (SSSR count). The zero-order chi connectivity index (χ0) is 27.2. The minimum Gasteiger partial charge on any atom is -0.493 e. The van der Waals surface area contributed by atoms with Crippen LogP contribution in [0.4, 0.5) is 0 Å². The third-order valence-electron chi connectivity index (χ3n) is 5.99. The molecule has 0 aromatic heterocycles. The molecule has 0 bridgehead atoms. The lowest BCUT2D eigenvalue weighted by Crippen LogP contribution is -2.21. The van der Waals surface area contributed by atoms with Gasteiger partial charge in [0.15, 0.2) is 11.5 Å². The number of nitrogens with zero attached hydrogens (tertiary/aromatic N) is 1. The van der Waals surface area contributed by atoms with E-state index in [1.54, 1.807) is 54.6 Å². The topological polar surface area (TPSA) is 122 Å². The highest BCUT2D eigenvalue weighted by Gasteiger charge is 2.33. The minimum atomic E-state index is -0.592. The van der Waals surface area contributed by atoms with Gasteiger partial charge in [-0.2, -0.15) is 5.26 Å². The first-order valence-electron chi connectivity index (χ1n) is 11.9. The molecule has 0 saturated heterocycles. The second kappa shape index (κ2) is 11.5. The Balaban J connectivity index is 1.72. The van der Waals surface area contributed by atoms with E-state index in [1.807, 2.05) is 6.92 Å². The second-order valence-corrected chi connectivity index (χ2v) is 8.32. The Kier molecular flexibility index (Phi) is 7.92. The molecule has 0 spiro atoms. The number of methoxy groups -OCH3 is 3. The summed E-state index contributed by atoms with van der Waals surface area (Å²) in [7, 11) is 4.54. The van der Waals surface area contributed by atoms with Gasteiger partial charge in [0.2, 0.25) is 11.6 Å². The van der Waals surface area contributed by atoms with Gasteiger partial charge in [0.05, 0.1) is 33.9 Å². The van der Waals surface area contributed by atoms with Crippen LogP contribution >= 0.6 is 0 Å². The average molecular weight is 517 g/mol. The molecule has 0 saturated carbocycles. The number of rotatable bonds is 9. The number of nitrogens with two attached hydrogens (primary N) is 1. The number of hydrogen-bond donors (Lipinski definition) is 1. The smallest absolute Gasteiger partial charge is 0.347 e. The van der Waals surface area contributed by atoms with Crippen LogP contribution in [0.5, 0.6) is 34.5 Å². The quantitative estimate of drug-likeness (QED) is 0.311. The summed E-state index contributed by atoms with van der Waals surface area (Å²) in [6, 6.07) is 17.5. The van der Waals surface area contributed by atoms with Gasteiger partial charge in [-0.3, -0.25) is 0 Å². The van der Waals surface area contributed by atoms with Crippen LogP contribution < -0.4 is 34.2 Å². The van der Waals surface area contributed by atoms with E-state index in [2.05, 4.69) is 6.07 Å². The van der Waals surface area contributed by atoms with Crippen LogP contribution in [0.25, 0.3) is 0 Å². The Morgan fingerprint density at radius 1 is 1.00 bits per heavy atom. The van der Waals surface area contributed by atoms with Crippen molar-refractivity contribution in [2.45, 2.75) is 19.3 Å². The molecule has 1 unspecified atom stereocenters. The number of para-hydroxylation sites is 1. The van der Waals surface area contributed by atoms with Gasteiger partial charge in [0, 0.05) is 11.6 Å². The largest absolute Gasteiger partial charge is 0.493 e. The summed E-state index contributed by atoms with van der Waals surface area (Å²) in [5.41, 5.74) is 8.01. The van der Waals surface area contributed by atoms with Crippen molar-refractivity contribution in [3.8, 4) is 40.6 Å². The lowest BCUT2D eigenvalue weighted by molar-refractivity contribution is 0.0730. The van der Waals surface area contributed by atoms with Crippen LogP contribution in [-0.4, -0.2) is 33.9 Å². The SMILES string of the molecule is CCCOc1ccccc1C(=O)Oc1ccc2c(c1)OC(N)=C(C#N)C2c1cc(OC)c(OC)c(OC)c1. The van der Waals surface area contributed by atoms with Gasteiger partial charge in [-0.05, 0) is 42.3 Å². The first kappa shape index (κ1) is 26.2. The second-order valence-electron chi connectivity index (χ2n) is 8.32. The van der Waals surface area contributed by atoms with Crippen LogP contribution in [-0.2, 0) is 0 Å². The maximum absolute atomic E-state index is 13.0. The zero-order valence-corrected chi connectivity index (χ0v) is 21.6. The Bertz CT molecular complexity index is 1400. The summed E-state index contributed by atoms with van der Waals surface area (Å²) in [6.45, 7) is 2.46. The summed E-state index contributed by atoms with van der Waals surface area (Å²) in [5.74, 6) is 1.10. The van der Waals surface area contributed by atoms with Crippen LogP contribution in [0.2, 0.25) is 0 Å². The van der Waals surface area contributed by atoms with E-state index in [9.17, 15) is 10.1 Å². The van der Waals surface area contributed by atoms with Gasteiger partial charge in [-0.25, -0.2) is 4.79 Å². The molecule has 9 heteroatoms. The fourth-order valence-electron chi connectivity index (χ4n) is 4.25. The molecular weight excluding hydrogens is 488 g/mol. The molecule has 0 amide bonds. The monoisotopic (exact) mass is 516 g/mol. The Labute approximate surface area is 220 Å². The minimum absolute atomic E-state index is 0.0551. The number of carbonyl (C=O) groups is 1. The highest BCUT2D eigenvalue weighted by molar-refractivity contribution is 5.94. The number of ether oxygens (including phenoxy) is 6. The number of esters is 1. The maximum Gasteiger partial charge on any atom is 0.347 e. The van der Waals surface area contributed by atoms with Crippen LogP contribution in [0.1, 0.15) is 40.7 Å². The number of nitriles is 1. The number of fused-ring (bicyclic) bond motifs is 1. The summed E-state index contributed by atoms with van der Waals surface area (Å²) in [6.07, 6.45) is 0.804. The van der Waals surface area contributed by atoms with E-state index in [4.69, 9.17) is 34.2 Å². The molecule has 1 aliphatic heterocycles. The summed E-state index contributed by atoms with van der Waals surface area (Å²) < 4.78 is 33.5. The van der Waals surface area contributed by atoms with E-state index < -0.39 is 11.9 Å². The lowest BCUT2D eigenvalue weighted by atomic mass is 9.83. The predicted octanol–water partition coefficient (Wildman–Crippen LogP) is 4.94. The van der Waals surface area contributed by atoms with Gasteiger partial charge < -0.3 is 34.2 Å². The van der Waals surface area contributed by atoms with Crippen molar-refractivity contribution in [2.24, 2.45) is 5.73 Å². The number of benzene rings is 3. The fourth-order valence-corrected chi connectivity index (χ4v) is 4.25. The Hall–Kier alpha value is -4.84. The maximum atomic E-state index is 13.0. The molecule has 0 radical (unpaired) electrons. The van der Waals surface area contributed by atoms with Gasteiger partial charge in [-0.15, -0.1) is 0 Å². The van der Waals surface area contributed by atoms with E-state index >= 15 is 0 Å². The van der Waals surface area contributed by atoms with Crippen molar-refractivity contribution < 1.29 is 33.2 Å². The zero-order valence-electron chi connectivity index (χ0n) is 21.6. The van der Waals surface area contributed by atoms with Crippen molar-refractivity contribution in [1.82, 2.24) is 0 Å². The van der Waals surface area contributed by atoms with Gasteiger partial charge in [0.25, 0.3) is 0 Å². The molecule has 9 nitrogen and oxygen atoms in total. The predicted molar refractivity (Wildman–Crippen MR) is 139 cm³/mol. The van der Waals surface area contributed by atoms with Crippen molar-refractivity contribution in [3.05, 3.63) is 82.7 Å². The molecule has 1 atom stereocenters. The Morgan fingerprint density at radius 3 is 2.34 bits per heavy atom. The molecule has 3 aromatic rings. The first-order valence-corrected chi connectivity index (χ1v) is 11.9. The van der Waals surface area contributed by atoms with Gasteiger partial charge >= 0.3 is 5.97 Å². The van der Waals surface area contributed by atoms with E-state index in [0.29, 0.717) is 52.0 Å². The van der Waals surface area contributed by atoms with Crippen LogP contribution in [0.3, 0.4) is 0 Å². The summed E-state index contributed by atoms with van der Waals surface area (Å²) in [5, 5.41) is 9.92. The normalized spacial score (nSPS) is 14.0. The molecule has 196 valence electrons. The molecule has 1 heterocycles. The standard InChI is InChI=1S/C29H28N2O7/c1-5-12-36-22-9-7-6-8-20(22)29(32)37-18-10-11-19-23(15-18)38-28(31)21(16-30)26(19)17-13-24(33-2)27(35-4)25(14-17)34-3/h6-11,13-15,26H,5,12,31H2,1-4H3. The van der Waals surface area contributed by atoms with Crippen LogP contribution in [0.15, 0.2) is 66.1 Å². The number of hydrogen-bond acceptors (Lipinski definition) is 9. The molecule has 2 N–H and O–H groups in total. The lowest BCUT2D eigenvalue weighted by Gasteiger charge is -2.27. The number of carbonyl (C=O) groups excluding carboxylic acids is 1. The molecule has 38 heavy (non-hydrogen) atoms. The fraction of sp³-hybridized carbons (Fsp3) is 0.241. The summed E-state index contributed by atoms with van der Waals surface area (Å²) >= 11 is 0. The molecule has 0 fully saturated rings. The van der Waals surface area contributed by atoms with Crippen molar-refractivity contribution in [1.29, 1.82) is 5.26 Å². The van der Waals surface area contributed by atoms with Gasteiger partial charge in [0.1, 0.15) is 34.5 Å². The third kappa shape index (κ3) is 5.02. The molecule has 1 aliphatic rings. The molecular formula is C29H28N2O7.